The lowest BCUT2D eigenvalue weighted by Crippen LogP contribution is -2.76. The number of alkyl halides is 3. The molecule has 0 saturated carbocycles. The lowest BCUT2D eigenvalue weighted by Gasteiger charge is -2.58. The highest BCUT2D eigenvalue weighted by molar-refractivity contribution is 5.95. The fourth-order valence-corrected chi connectivity index (χ4v) is 3.08. The molecule has 1 aromatic carbocycles. The van der Waals surface area contributed by atoms with Crippen molar-refractivity contribution in [3.05, 3.63) is 35.4 Å². The van der Waals surface area contributed by atoms with E-state index < -0.39 is 11.8 Å². The van der Waals surface area contributed by atoms with E-state index in [1.807, 2.05) is 0 Å². The molecule has 0 unspecified atom stereocenters. The molecular formula is C14H13F3N4O. The smallest absolute Gasteiger partial charge is 0.330 e. The Morgan fingerprint density at radius 2 is 1.82 bits per heavy atom. The van der Waals surface area contributed by atoms with Gasteiger partial charge in [0.15, 0.2) is 0 Å². The zero-order valence-electron chi connectivity index (χ0n) is 11.5. The van der Waals surface area contributed by atoms with Crippen molar-refractivity contribution < 1.29 is 18.0 Å². The minimum atomic E-state index is -4.54. The predicted molar refractivity (Wildman–Crippen MR) is 70.3 cm³/mol. The Labute approximate surface area is 124 Å². The summed E-state index contributed by atoms with van der Waals surface area (Å²) in [6, 6.07) is 5.41. The van der Waals surface area contributed by atoms with Crippen LogP contribution in [0.15, 0.2) is 34.5 Å². The normalized spacial score (nSPS) is 23.9. The van der Waals surface area contributed by atoms with Crippen LogP contribution < -0.4 is 5.32 Å². The molecule has 0 atom stereocenters. The highest BCUT2D eigenvalue weighted by Gasteiger charge is 2.65. The quantitative estimate of drug-likeness (QED) is 0.909. The van der Waals surface area contributed by atoms with Crippen molar-refractivity contribution in [2.75, 3.05) is 19.6 Å². The average Bonchev–Trinajstić information content (AvgIpc) is 3.16. The highest BCUT2D eigenvalue weighted by atomic mass is 19.4. The van der Waals surface area contributed by atoms with Gasteiger partial charge in [-0.2, -0.15) is 13.2 Å². The molecule has 8 heteroatoms. The maximum Gasteiger partial charge on any atom is 0.442 e. The number of hydrogen-bond donors (Lipinski definition) is 1. The van der Waals surface area contributed by atoms with E-state index in [1.54, 1.807) is 4.90 Å². The lowest BCUT2D eigenvalue weighted by atomic mass is 9.78. The summed E-state index contributed by atoms with van der Waals surface area (Å²) >= 11 is 0. The molecular weight excluding hydrogens is 297 g/mol. The molecule has 1 spiro atoms. The monoisotopic (exact) mass is 310 g/mol. The zero-order valence-corrected chi connectivity index (χ0v) is 11.5. The van der Waals surface area contributed by atoms with E-state index in [-0.39, 0.29) is 17.0 Å². The van der Waals surface area contributed by atoms with Gasteiger partial charge in [0.25, 0.3) is 5.91 Å². The Morgan fingerprint density at radius 1 is 1.18 bits per heavy atom. The van der Waals surface area contributed by atoms with Crippen LogP contribution in [0.25, 0.3) is 0 Å². The number of halogens is 3. The topological polar surface area (TPSA) is 57.1 Å². The number of carbonyl (C=O) groups excluding carboxylic acids is 1. The van der Waals surface area contributed by atoms with Gasteiger partial charge >= 0.3 is 11.8 Å². The first-order valence-electron chi connectivity index (χ1n) is 7.02. The fraction of sp³-hybridized carbons (Fsp3) is 0.500. The first-order chi connectivity index (χ1) is 10.4. The summed E-state index contributed by atoms with van der Waals surface area (Å²) < 4.78 is 38.8. The van der Waals surface area contributed by atoms with Crippen molar-refractivity contribution in [1.82, 2.24) is 10.2 Å². The summed E-state index contributed by atoms with van der Waals surface area (Å²) in [5.41, 5.74) is -2.16. The number of benzene rings is 1. The summed E-state index contributed by atoms with van der Waals surface area (Å²) in [5, 5.41) is 9.46. The summed E-state index contributed by atoms with van der Waals surface area (Å²) in [6.07, 6.45) is -3.57. The number of amides is 1. The molecule has 2 fully saturated rings. The number of likely N-dealkylation sites (tertiary alicyclic amines) is 1. The number of nitrogens with zero attached hydrogens (tertiary/aromatic N) is 3. The van der Waals surface area contributed by atoms with Crippen LogP contribution in [0.3, 0.4) is 0 Å². The van der Waals surface area contributed by atoms with Gasteiger partial charge in [-0.15, -0.1) is 10.2 Å². The van der Waals surface area contributed by atoms with Gasteiger partial charge in [0.2, 0.25) is 0 Å². The lowest BCUT2D eigenvalue weighted by molar-refractivity contribution is -0.166. The summed E-state index contributed by atoms with van der Waals surface area (Å²) in [7, 11) is 0. The molecule has 0 bridgehead atoms. The SMILES string of the molecule is O=C(c1ccc(C2(C(F)(F)F)N=N2)cc1)N1CCC12CNC2. The van der Waals surface area contributed by atoms with E-state index in [0.29, 0.717) is 12.1 Å². The minimum Gasteiger partial charge on any atom is -0.330 e. The van der Waals surface area contributed by atoms with E-state index in [2.05, 4.69) is 15.5 Å². The molecule has 22 heavy (non-hydrogen) atoms. The number of nitrogens with one attached hydrogen (secondary N) is 1. The van der Waals surface area contributed by atoms with Gasteiger partial charge in [-0.1, -0.05) is 12.1 Å². The molecule has 1 amide bonds. The van der Waals surface area contributed by atoms with Crippen molar-refractivity contribution in [2.45, 2.75) is 23.8 Å². The first-order valence-corrected chi connectivity index (χ1v) is 7.02. The molecule has 0 aromatic heterocycles. The molecule has 3 heterocycles. The molecule has 2 saturated heterocycles. The van der Waals surface area contributed by atoms with Crippen LogP contribution in [0, 0.1) is 0 Å². The van der Waals surface area contributed by atoms with Gasteiger partial charge in [-0.25, -0.2) is 0 Å². The molecule has 1 N–H and O–H groups in total. The van der Waals surface area contributed by atoms with Crippen molar-refractivity contribution in [3.8, 4) is 0 Å². The van der Waals surface area contributed by atoms with Crippen molar-refractivity contribution in [2.24, 2.45) is 10.2 Å². The van der Waals surface area contributed by atoms with Crippen LogP contribution in [0.4, 0.5) is 13.2 Å². The zero-order chi connectivity index (χ0) is 15.6. The van der Waals surface area contributed by atoms with E-state index in [1.165, 1.54) is 24.3 Å². The second-order valence-electron chi connectivity index (χ2n) is 5.98. The van der Waals surface area contributed by atoms with Gasteiger partial charge in [0.1, 0.15) is 0 Å². The third kappa shape index (κ3) is 1.67. The third-order valence-corrected chi connectivity index (χ3v) is 4.76. The van der Waals surface area contributed by atoms with E-state index in [4.69, 9.17) is 0 Å². The van der Waals surface area contributed by atoms with Gasteiger partial charge in [0.05, 0.1) is 5.54 Å². The molecule has 0 aliphatic carbocycles. The minimum absolute atomic E-state index is 0.0554. The number of hydrogen-bond acceptors (Lipinski definition) is 4. The van der Waals surface area contributed by atoms with Crippen LogP contribution in [-0.4, -0.2) is 42.2 Å². The Bertz CT molecular complexity index is 652. The summed E-state index contributed by atoms with van der Waals surface area (Å²) in [4.78, 5) is 14.2. The second kappa shape index (κ2) is 4.07. The van der Waals surface area contributed by atoms with Gasteiger partial charge in [-0.3, -0.25) is 4.79 Å². The maximum atomic E-state index is 12.9. The van der Waals surface area contributed by atoms with E-state index in [9.17, 15) is 18.0 Å². The molecule has 1 aromatic rings. The molecule has 3 aliphatic heterocycles. The number of carbonyl (C=O) groups is 1. The second-order valence-corrected chi connectivity index (χ2v) is 5.98. The average molecular weight is 310 g/mol. The Morgan fingerprint density at radius 3 is 2.18 bits per heavy atom. The Kier molecular flexibility index (Phi) is 2.53. The molecule has 0 radical (unpaired) electrons. The van der Waals surface area contributed by atoms with Crippen LogP contribution >= 0.6 is 0 Å². The standard InChI is InChI=1S/C14H13F3N4O/c15-14(16,17)13(19-20-13)10-3-1-9(2-4-10)11(22)21-6-5-12(21)7-18-8-12/h1-4,18H,5-8H2. The molecule has 5 nitrogen and oxygen atoms in total. The van der Waals surface area contributed by atoms with Crippen molar-refractivity contribution in [3.63, 3.8) is 0 Å². The van der Waals surface area contributed by atoms with E-state index >= 15 is 0 Å². The fourth-order valence-electron chi connectivity index (χ4n) is 3.08. The third-order valence-electron chi connectivity index (χ3n) is 4.76. The van der Waals surface area contributed by atoms with Gasteiger partial charge in [0, 0.05) is 30.8 Å². The first kappa shape index (κ1) is 13.7. The largest absolute Gasteiger partial charge is 0.442 e. The number of rotatable bonds is 2. The van der Waals surface area contributed by atoms with Crippen molar-refractivity contribution >= 4 is 5.91 Å². The van der Waals surface area contributed by atoms with Gasteiger partial charge < -0.3 is 10.2 Å². The van der Waals surface area contributed by atoms with Crippen LogP contribution in [0.2, 0.25) is 0 Å². The van der Waals surface area contributed by atoms with E-state index in [0.717, 1.165) is 19.5 Å². The van der Waals surface area contributed by atoms with Crippen LogP contribution in [0.5, 0.6) is 0 Å². The summed E-state index contributed by atoms with van der Waals surface area (Å²) in [5.74, 6) is -0.134. The van der Waals surface area contributed by atoms with Crippen LogP contribution in [0.1, 0.15) is 22.3 Å². The maximum absolute atomic E-state index is 12.9. The Hall–Kier alpha value is -1.96. The molecule has 3 aliphatic rings. The molecule has 116 valence electrons. The summed E-state index contributed by atoms with van der Waals surface area (Å²) in [6.45, 7) is 2.26. The van der Waals surface area contributed by atoms with Crippen molar-refractivity contribution in [1.29, 1.82) is 0 Å². The predicted octanol–water partition coefficient (Wildman–Crippen LogP) is 2.06. The van der Waals surface area contributed by atoms with Crippen LogP contribution in [-0.2, 0) is 5.66 Å². The Balaban J connectivity index is 1.54. The van der Waals surface area contributed by atoms with Gasteiger partial charge in [-0.05, 0) is 18.6 Å². The molecule has 4 rings (SSSR count). The highest BCUT2D eigenvalue weighted by Crippen LogP contribution is 2.52.